The standard InChI is InChI=1S/C13H16ClN3O/c1-9-11(6-15)8-17(16-9)7-10-5-12(14)3-4-13(10)18-2/h3-5,8H,6-7,15H2,1-2H3. The van der Waals surface area contributed by atoms with Gasteiger partial charge in [-0.05, 0) is 25.1 Å². The Morgan fingerprint density at radius 3 is 2.78 bits per heavy atom. The molecule has 2 N–H and O–H groups in total. The number of aryl methyl sites for hydroxylation is 1. The van der Waals surface area contributed by atoms with E-state index in [1.54, 1.807) is 7.11 Å². The average molecular weight is 266 g/mol. The Hall–Kier alpha value is -1.52. The molecule has 2 aromatic rings. The quantitative estimate of drug-likeness (QED) is 0.923. The van der Waals surface area contributed by atoms with Crippen LogP contribution in [0.3, 0.4) is 0 Å². The summed E-state index contributed by atoms with van der Waals surface area (Å²) in [4.78, 5) is 0. The molecular weight excluding hydrogens is 250 g/mol. The lowest BCUT2D eigenvalue weighted by molar-refractivity contribution is 0.407. The third-order valence-corrected chi connectivity index (χ3v) is 3.08. The van der Waals surface area contributed by atoms with Gasteiger partial charge < -0.3 is 10.5 Å². The van der Waals surface area contributed by atoms with Gasteiger partial charge in [0.1, 0.15) is 5.75 Å². The largest absolute Gasteiger partial charge is 0.496 e. The zero-order chi connectivity index (χ0) is 13.1. The Labute approximate surface area is 111 Å². The molecule has 0 bridgehead atoms. The van der Waals surface area contributed by atoms with Crippen LogP contribution in [0.4, 0.5) is 0 Å². The van der Waals surface area contributed by atoms with Gasteiger partial charge in [0, 0.05) is 28.9 Å². The maximum Gasteiger partial charge on any atom is 0.124 e. The predicted molar refractivity (Wildman–Crippen MR) is 72.0 cm³/mol. The molecule has 0 radical (unpaired) electrons. The molecule has 18 heavy (non-hydrogen) atoms. The van der Waals surface area contributed by atoms with Crippen molar-refractivity contribution in [2.45, 2.75) is 20.0 Å². The maximum absolute atomic E-state index is 6.00. The number of nitrogens with two attached hydrogens (primary N) is 1. The van der Waals surface area contributed by atoms with E-state index in [0.29, 0.717) is 18.1 Å². The number of methoxy groups -OCH3 is 1. The molecule has 0 amide bonds. The van der Waals surface area contributed by atoms with Crippen LogP contribution in [-0.4, -0.2) is 16.9 Å². The highest BCUT2D eigenvalue weighted by Crippen LogP contribution is 2.23. The molecule has 0 aliphatic heterocycles. The van der Waals surface area contributed by atoms with Crippen LogP contribution in [0.25, 0.3) is 0 Å². The van der Waals surface area contributed by atoms with Crippen LogP contribution in [0.2, 0.25) is 5.02 Å². The fraction of sp³-hybridized carbons (Fsp3) is 0.308. The van der Waals surface area contributed by atoms with Gasteiger partial charge in [0.05, 0.1) is 19.3 Å². The van der Waals surface area contributed by atoms with E-state index < -0.39 is 0 Å². The zero-order valence-electron chi connectivity index (χ0n) is 10.5. The molecule has 1 aromatic heterocycles. The first kappa shape index (κ1) is 12.9. The Kier molecular flexibility index (Phi) is 3.89. The summed E-state index contributed by atoms with van der Waals surface area (Å²) in [6.45, 7) is 3.07. The Morgan fingerprint density at radius 1 is 1.39 bits per heavy atom. The minimum absolute atomic E-state index is 0.499. The van der Waals surface area contributed by atoms with E-state index >= 15 is 0 Å². The second-order valence-corrected chi connectivity index (χ2v) is 4.53. The van der Waals surface area contributed by atoms with E-state index in [-0.39, 0.29) is 0 Å². The summed E-state index contributed by atoms with van der Waals surface area (Å²) in [5.74, 6) is 0.807. The normalized spacial score (nSPS) is 10.7. The van der Waals surface area contributed by atoms with Gasteiger partial charge in [-0.15, -0.1) is 0 Å². The van der Waals surface area contributed by atoms with Gasteiger partial charge in [-0.3, -0.25) is 4.68 Å². The number of rotatable bonds is 4. The van der Waals surface area contributed by atoms with Gasteiger partial charge in [-0.2, -0.15) is 5.10 Å². The van der Waals surface area contributed by atoms with Crippen molar-refractivity contribution in [3.8, 4) is 5.75 Å². The minimum Gasteiger partial charge on any atom is -0.496 e. The summed E-state index contributed by atoms with van der Waals surface area (Å²) in [5.41, 5.74) is 8.64. The van der Waals surface area contributed by atoms with E-state index in [0.717, 1.165) is 22.6 Å². The maximum atomic E-state index is 6.00. The average Bonchev–Trinajstić information content (AvgIpc) is 2.70. The van der Waals surface area contributed by atoms with Crippen molar-refractivity contribution >= 4 is 11.6 Å². The summed E-state index contributed by atoms with van der Waals surface area (Å²) < 4.78 is 7.16. The van der Waals surface area contributed by atoms with Crippen molar-refractivity contribution in [2.24, 2.45) is 5.73 Å². The lowest BCUT2D eigenvalue weighted by atomic mass is 10.2. The van der Waals surface area contributed by atoms with Crippen LogP contribution >= 0.6 is 11.6 Å². The molecule has 1 aromatic carbocycles. The fourth-order valence-electron chi connectivity index (χ4n) is 1.89. The lowest BCUT2D eigenvalue weighted by Gasteiger charge is -2.08. The summed E-state index contributed by atoms with van der Waals surface area (Å²) in [7, 11) is 1.65. The van der Waals surface area contributed by atoms with E-state index in [1.807, 2.05) is 36.0 Å². The molecule has 0 saturated carbocycles. The molecule has 0 fully saturated rings. The van der Waals surface area contributed by atoms with Crippen molar-refractivity contribution in [2.75, 3.05) is 7.11 Å². The van der Waals surface area contributed by atoms with Crippen LogP contribution in [0, 0.1) is 6.92 Å². The third kappa shape index (κ3) is 2.66. The van der Waals surface area contributed by atoms with Gasteiger partial charge in [0.15, 0.2) is 0 Å². The van der Waals surface area contributed by atoms with Gasteiger partial charge >= 0.3 is 0 Å². The highest BCUT2D eigenvalue weighted by molar-refractivity contribution is 6.30. The summed E-state index contributed by atoms with van der Waals surface area (Å²) in [6.07, 6.45) is 1.95. The number of halogens is 1. The van der Waals surface area contributed by atoms with Crippen molar-refractivity contribution in [3.05, 3.63) is 46.2 Å². The number of nitrogens with zero attached hydrogens (tertiary/aromatic N) is 2. The summed E-state index contributed by atoms with van der Waals surface area (Å²) >= 11 is 6.00. The second kappa shape index (κ2) is 5.42. The molecule has 96 valence electrons. The van der Waals surface area contributed by atoms with E-state index in [2.05, 4.69) is 5.10 Å². The topological polar surface area (TPSA) is 53.1 Å². The van der Waals surface area contributed by atoms with E-state index in [1.165, 1.54) is 0 Å². The highest BCUT2D eigenvalue weighted by Gasteiger charge is 2.08. The third-order valence-electron chi connectivity index (χ3n) is 2.84. The fourth-order valence-corrected chi connectivity index (χ4v) is 2.08. The molecule has 0 aliphatic carbocycles. The number of hydrogen-bond donors (Lipinski definition) is 1. The lowest BCUT2D eigenvalue weighted by Crippen LogP contribution is -2.02. The first-order valence-electron chi connectivity index (χ1n) is 5.69. The Bertz CT molecular complexity index is 551. The Balaban J connectivity index is 2.29. The second-order valence-electron chi connectivity index (χ2n) is 4.10. The zero-order valence-corrected chi connectivity index (χ0v) is 11.2. The predicted octanol–water partition coefficient (Wildman–Crippen LogP) is 2.36. The SMILES string of the molecule is COc1ccc(Cl)cc1Cn1cc(CN)c(C)n1. The van der Waals surface area contributed by atoms with E-state index in [9.17, 15) is 0 Å². The summed E-state index contributed by atoms with van der Waals surface area (Å²) in [6, 6.07) is 5.56. The first-order valence-corrected chi connectivity index (χ1v) is 6.07. The van der Waals surface area contributed by atoms with Crippen LogP contribution < -0.4 is 10.5 Å². The van der Waals surface area contributed by atoms with E-state index in [4.69, 9.17) is 22.1 Å². The molecule has 0 aliphatic rings. The first-order chi connectivity index (χ1) is 8.63. The Morgan fingerprint density at radius 2 is 2.17 bits per heavy atom. The van der Waals surface area contributed by atoms with Crippen LogP contribution in [0.1, 0.15) is 16.8 Å². The van der Waals surface area contributed by atoms with Crippen molar-refractivity contribution < 1.29 is 4.74 Å². The molecule has 0 spiro atoms. The molecular formula is C13H16ClN3O. The molecule has 0 saturated heterocycles. The number of aromatic nitrogens is 2. The van der Waals surface area contributed by atoms with Gasteiger partial charge in [0.25, 0.3) is 0 Å². The number of hydrogen-bond acceptors (Lipinski definition) is 3. The van der Waals surface area contributed by atoms with Crippen molar-refractivity contribution in [1.82, 2.24) is 9.78 Å². The number of benzene rings is 1. The van der Waals surface area contributed by atoms with Crippen molar-refractivity contribution in [3.63, 3.8) is 0 Å². The van der Waals surface area contributed by atoms with Crippen LogP contribution in [0.15, 0.2) is 24.4 Å². The minimum atomic E-state index is 0.499. The highest BCUT2D eigenvalue weighted by atomic mass is 35.5. The molecule has 4 nitrogen and oxygen atoms in total. The number of ether oxygens (including phenoxy) is 1. The smallest absolute Gasteiger partial charge is 0.124 e. The van der Waals surface area contributed by atoms with Gasteiger partial charge in [-0.25, -0.2) is 0 Å². The molecule has 2 rings (SSSR count). The molecule has 0 atom stereocenters. The van der Waals surface area contributed by atoms with Crippen LogP contribution in [0.5, 0.6) is 5.75 Å². The van der Waals surface area contributed by atoms with Crippen molar-refractivity contribution in [1.29, 1.82) is 0 Å². The monoisotopic (exact) mass is 265 g/mol. The molecule has 1 heterocycles. The molecule has 5 heteroatoms. The van der Waals surface area contributed by atoms with Gasteiger partial charge in [0.2, 0.25) is 0 Å². The van der Waals surface area contributed by atoms with Gasteiger partial charge in [-0.1, -0.05) is 11.6 Å². The summed E-state index contributed by atoms with van der Waals surface area (Å²) in [5, 5.41) is 5.11. The molecule has 0 unspecified atom stereocenters. The van der Waals surface area contributed by atoms with Crippen LogP contribution in [-0.2, 0) is 13.1 Å².